The summed E-state index contributed by atoms with van der Waals surface area (Å²) in [5.74, 6) is -1.58. The van der Waals surface area contributed by atoms with E-state index in [2.05, 4.69) is 6.58 Å². The zero-order valence-electron chi connectivity index (χ0n) is 17.9. The Morgan fingerprint density at radius 2 is 1.85 bits per heavy atom. The van der Waals surface area contributed by atoms with Crippen LogP contribution < -0.4 is 0 Å². The third-order valence-corrected chi connectivity index (χ3v) is 8.09. The average Bonchev–Trinajstić information content (AvgIpc) is 3.19. The van der Waals surface area contributed by atoms with E-state index in [1.54, 1.807) is 30.3 Å². The minimum Gasteiger partial charge on any atom is -0.469 e. The average molecular weight is 467 g/mol. The quantitative estimate of drug-likeness (QED) is 0.433. The number of amides is 1. The van der Waals surface area contributed by atoms with Gasteiger partial charge in [0.05, 0.1) is 29.3 Å². The number of para-hydroxylation sites is 1. The van der Waals surface area contributed by atoms with Crippen LogP contribution >= 0.6 is 0 Å². The molecule has 1 aromatic heterocycles. The molecule has 2 aliphatic rings. The Labute approximate surface area is 191 Å². The van der Waals surface area contributed by atoms with E-state index in [4.69, 9.17) is 9.47 Å². The number of benzene rings is 2. The number of rotatable bonds is 4. The van der Waals surface area contributed by atoms with Crippen molar-refractivity contribution in [2.75, 3.05) is 13.7 Å². The maximum Gasteiger partial charge on any atom is 0.410 e. The van der Waals surface area contributed by atoms with Crippen molar-refractivity contribution in [1.82, 2.24) is 8.87 Å². The molecule has 170 valence electrons. The van der Waals surface area contributed by atoms with Gasteiger partial charge in [0.1, 0.15) is 12.0 Å². The highest BCUT2D eigenvalue weighted by Crippen LogP contribution is 2.46. The molecule has 0 saturated carbocycles. The molecule has 0 unspecified atom stereocenters. The number of cyclic esters (lactones) is 1. The Morgan fingerprint density at radius 1 is 1.15 bits per heavy atom. The Morgan fingerprint density at radius 3 is 2.55 bits per heavy atom. The van der Waals surface area contributed by atoms with Gasteiger partial charge in [0.15, 0.2) is 0 Å². The molecule has 0 aliphatic carbocycles. The highest BCUT2D eigenvalue weighted by Gasteiger charge is 2.52. The standard InChI is InChI=1S/C24H22N2O6S/c1-3-19-20(23(27)31-2)22-21-17(13-14-25(22)24(28)32-19)16-11-7-8-12-18(16)26(21)33(29,30)15-9-5-4-6-10-15/h3-12,19-20,22H,1,13-14H2,2H3/t19-,20-,22+/m1/s1. The topological polar surface area (TPSA) is 94.9 Å². The van der Waals surface area contributed by atoms with Crippen LogP contribution in [-0.4, -0.2) is 49.1 Å². The summed E-state index contributed by atoms with van der Waals surface area (Å²) in [5.41, 5.74) is 1.66. The van der Waals surface area contributed by atoms with E-state index in [-0.39, 0.29) is 11.4 Å². The molecule has 8 nitrogen and oxygen atoms in total. The fourth-order valence-electron chi connectivity index (χ4n) is 4.93. The minimum atomic E-state index is -4.05. The number of fused-ring (bicyclic) bond motifs is 5. The molecular formula is C24H22N2O6S. The number of methoxy groups -OCH3 is 1. The van der Waals surface area contributed by atoms with Crippen LogP contribution in [0.2, 0.25) is 0 Å². The summed E-state index contributed by atoms with van der Waals surface area (Å²) in [6.07, 6.45) is 0.225. The third-order valence-electron chi connectivity index (χ3n) is 6.35. The molecule has 33 heavy (non-hydrogen) atoms. The minimum absolute atomic E-state index is 0.110. The van der Waals surface area contributed by atoms with Crippen LogP contribution in [0, 0.1) is 5.92 Å². The van der Waals surface area contributed by atoms with E-state index in [0.717, 1.165) is 10.9 Å². The van der Waals surface area contributed by atoms with E-state index in [1.807, 2.05) is 12.1 Å². The van der Waals surface area contributed by atoms with Crippen molar-refractivity contribution < 1.29 is 27.5 Å². The summed E-state index contributed by atoms with van der Waals surface area (Å²) < 4.78 is 39.6. The van der Waals surface area contributed by atoms with Gasteiger partial charge >= 0.3 is 12.1 Å². The van der Waals surface area contributed by atoms with Crippen molar-refractivity contribution in [3.05, 3.63) is 78.5 Å². The molecule has 3 heterocycles. The first-order valence-electron chi connectivity index (χ1n) is 10.5. The van der Waals surface area contributed by atoms with Gasteiger partial charge in [-0.15, -0.1) is 0 Å². The normalized spacial score (nSPS) is 22.3. The third kappa shape index (κ3) is 3.06. The lowest BCUT2D eigenvalue weighted by Crippen LogP contribution is -2.55. The Hall–Kier alpha value is -3.59. The molecule has 2 aromatic carbocycles. The molecule has 9 heteroatoms. The summed E-state index contributed by atoms with van der Waals surface area (Å²) in [5, 5.41) is 0.768. The van der Waals surface area contributed by atoms with E-state index in [1.165, 1.54) is 34.2 Å². The van der Waals surface area contributed by atoms with Gasteiger partial charge in [0.2, 0.25) is 0 Å². The van der Waals surface area contributed by atoms with Crippen molar-refractivity contribution in [3.8, 4) is 0 Å². The van der Waals surface area contributed by atoms with Gasteiger partial charge in [-0.2, -0.15) is 0 Å². The lowest BCUT2D eigenvalue weighted by molar-refractivity contribution is -0.155. The number of carbonyl (C=O) groups is 2. The molecule has 2 aliphatic heterocycles. The molecular weight excluding hydrogens is 444 g/mol. The number of carbonyl (C=O) groups excluding carboxylic acids is 2. The van der Waals surface area contributed by atoms with Gasteiger partial charge in [0.25, 0.3) is 10.0 Å². The summed E-state index contributed by atoms with van der Waals surface area (Å²) in [6.45, 7) is 4.00. The van der Waals surface area contributed by atoms with Gasteiger partial charge in [-0.1, -0.05) is 49.1 Å². The van der Waals surface area contributed by atoms with Crippen molar-refractivity contribution in [3.63, 3.8) is 0 Å². The predicted octanol–water partition coefficient (Wildman–Crippen LogP) is 3.27. The lowest BCUT2D eigenvalue weighted by atomic mass is 9.84. The molecule has 1 amide bonds. The fourth-order valence-corrected chi connectivity index (χ4v) is 6.54. The number of aromatic nitrogens is 1. The Kier molecular flexibility index (Phi) is 5.01. The zero-order chi connectivity index (χ0) is 23.3. The second kappa shape index (κ2) is 7.77. The second-order valence-electron chi connectivity index (χ2n) is 7.98. The van der Waals surface area contributed by atoms with Crippen LogP contribution in [0.1, 0.15) is 17.3 Å². The van der Waals surface area contributed by atoms with E-state index < -0.39 is 40.1 Å². The van der Waals surface area contributed by atoms with E-state index >= 15 is 0 Å². The van der Waals surface area contributed by atoms with Crippen molar-refractivity contribution in [1.29, 1.82) is 0 Å². The maximum absolute atomic E-state index is 13.9. The van der Waals surface area contributed by atoms with Crippen molar-refractivity contribution >= 4 is 33.0 Å². The van der Waals surface area contributed by atoms with Crippen LogP contribution in [0.4, 0.5) is 4.79 Å². The Bertz CT molecular complexity index is 1380. The summed E-state index contributed by atoms with van der Waals surface area (Å²) in [6, 6.07) is 14.4. The van der Waals surface area contributed by atoms with Gasteiger partial charge in [-0.05, 0) is 30.2 Å². The smallest absolute Gasteiger partial charge is 0.410 e. The molecule has 0 N–H and O–H groups in total. The van der Waals surface area contributed by atoms with Crippen LogP contribution in [0.5, 0.6) is 0 Å². The van der Waals surface area contributed by atoms with Gasteiger partial charge in [-0.3, -0.25) is 9.69 Å². The number of ether oxygens (including phenoxy) is 2. The second-order valence-corrected chi connectivity index (χ2v) is 9.77. The summed E-state index contributed by atoms with van der Waals surface area (Å²) in [7, 11) is -2.80. The molecule has 0 bridgehead atoms. The summed E-state index contributed by atoms with van der Waals surface area (Å²) >= 11 is 0. The molecule has 1 saturated heterocycles. The lowest BCUT2D eigenvalue weighted by Gasteiger charge is -2.45. The molecule has 3 atom stereocenters. The number of esters is 1. The first-order chi connectivity index (χ1) is 15.9. The number of nitrogens with zero attached hydrogens (tertiary/aromatic N) is 2. The number of hydrogen-bond donors (Lipinski definition) is 0. The first-order valence-corrected chi connectivity index (χ1v) is 11.9. The first kappa shape index (κ1) is 21.3. The monoisotopic (exact) mass is 466 g/mol. The van der Waals surface area contributed by atoms with Crippen LogP contribution in [0.25, 0.3) is 10.9 Å². The highest BCUT2D eigenvalue weighted by molar-refractivity contribution is 7.90. The van der Waals surface area contributed by atoms with Crippen molar-refractivity contribution in [2.45, 2.75) is 23.5 Å². The SMILES string of the molecule is C=C[C@H]1OC(=O)N2CCc3c(n(S(=O)(=O)c4ccccc4)c4ccccc34)[C@@H]2[C@@H]1C(=O)OC. The summed E-state index contributed by atoms with van der Waals surface area (Å²) in [4.78, 5) is 27.3. The zero-order valence-corrected chi connectivity index (χ0v) is 18.7. The molecule has 3 aromatic rings. The van der Waals surface area contributed by atoms with Crippen LogP contribution in [0.15, 0.2) is 72.1 Å². The van der Waals surface area contributed by atoms with Gasteiger partial charge < -0.3 is 9.47 Å². The van der Waals surface area contributed by atoms with E-state index in [0.29, 0.717) is 17.6 Å². The molecule has 1 fully saturated rings. The van der Waals surface area contributed by atoms with Crippen LogP contribution in [0.3, 0.4) is 0 Å². The molecule has 5 rings (SSSR count). The molecule has 0 spiro atoms. The predicted molar refractivity (Wildman–Crippen MR) is 120 cm³/mol. The number of hydrogen-bond acceptors (Lipinski definition) is 6. The molecule has 0 radical (unpaired) electrons. The van der Waals surface area contributed by atoms with Crippen molar-refractivity contribution in [2.24, 2.45) is 5.92 Å². The highest BCUT2D eigenvalue weighted by atomic mass is 32.2. The fraction of sp³-hybridized carbons (Fsp3) is 0.250. The van der Waals surface area contributed by atoms with Gasteiger partial charge in [-0.25, -0.2) is 17.2 Å². The van der Waals surface area contributed by atoms with Crippen LogP contribution in [-0.2, 0) is 30.7 Å². The Balaban J connectivity index is 1.86. The van der Waals surface area contributed by atoms with Gasteiger partial charge in [0, 0.05) is 11.9 Å². The van der Waals surface area contributed by atoms with E-state index in [9.17, 15) is 18.0 Å². The largest absolute Gasteiger partial charge is 0.469 e. The maximum atomic E-state index is 13.9.